The summed E-state index contributed by atoms with van der Waals surface area (Å²) in [5.41, 5.74) is 7.97. The van der Waals surface area contributed by atoms with Crippen LogP contribution in [0.5, 0.6) is 0 Å². The predicted octanol–water partition coefficient (Wildman–Crippen LogP) is 4.40. The van der Waals surface area contributed by atoms with E-state index in [1.54, 1.807) is 12.1 Å². The highest BCUT2D eigenvalue weighted by Crippen LogP contribution is 2.30. The van der Waals surface area contributed by atoms with E-state index in [1.807, 2.05) is 23.0 Å². The van der Waals surface area contributed by atoms with Crippen molar-refractivity contribution in [3.05, 3.63) is 51.8 Å². The summed E-state index contributed by atoms with van der Waals surface area (Å²) >= 11 is 12.4. The molecule has 5 heteroatoms. The minimum Gasteiger partial charge on any atom is -0.324 e. The maximum atomic E-state index is 6.23. The molecule has 0 bridgehead atoms. The molecule has 0 saturated heterocycles. The molecule has 1 aromatic heterocycles. The number of nitrogens with two attached hydrogens (primary N) is 1. The van der Waals surface area contributed by atoms with Crippen molar-refractivity contribution in [2.75, 3.05) is 0 Å². The van der Waals surface area contributed by atoms with Crippen molar-refractivity contribution in [2.24, 2.45) is 5.73 Å². The molecule has 3 nitrogen and oxygen atoms in total. The molecule has 2 aromatic rings. The van der Waals surface area contributed by atoms with Crippen LogP contribution in [0.25, 0.3) is 0 Å². The number of hydrogen-bond acceptors (Lipinski definition) is 2. The minimum atomic E-state index is -0.253. The van der Waals surface area contributed by atoms with Crippen LogP contribution < -0.4 is 5.73 Å². The minimum absolute atomic E-state index is 0.253. The van der Waals surface area contributed by atoms with Crippen molar-refractivity contribution >= 4 is 23.2 Å². The number of rotatable bonds is 5. The number of hydrogen-bond donors (Lipinski definition) is 1. The van der Waals surface area contributed by atoms with Crippen molar-refractivity contribution in [2.45, 2.75) is 38.8 Å². The smallest absolute Gasteiger partial charge is 0.0643 e. The molecule has 0 aliphatic carbocycles. The predicted molar refractivity (Wildman–Crippen MR) is 84.3 cm³/mol. The Labute approximate surface area is 129 Å². The summed E-state index contributed by atoms with van der Waals surface area (Å²) in [7, 11) is 0. The van der Waals surface area contributed by atoms with Gasteiger partial charge in [-0.05, 0) is 31.5 Å². The number of benzene rings is 1. The molecule has 1 heterocycles. The third-order valence-corrected chi connectivity index (χ3v) is 4.16. The average molecular weight is 312 g/mol. The standard InChI is InChI=1S/C15H19Cl2N3/c1-3-10(2)20-8-7-11(19-20)9-14(18)15-12(16)5-4-6-13(15)17/h4-8,10,14H,3,9,18H2,1-2H3. The van der Waals surface area contributed by atoms with Crippen molar-refractivity contribution in [3.63, 3.8) is 0 Å². The Bertz CT molecular complexity index is 560. The van der Waals surface area contributed by atoms with E-state index < -0.39 is 0 Å². The molecule has 20 heavy (non-hydrogen) atoms. The Balaban J connectivity index is 2.15. The van der Waals surface area contributed by atoms with Gasteiger partial charge in [-0.1, -0.05) is 36.2 Å². The second kappa shape index (κ2) is 6.61. The van der Waals surface area contributed by atoms with Gasteiger partial charge in [0.2, 0.25) is 0 Å². The Hall–Kier alpha value is -1.03. The maximum absolute atomic E-state index is 6.23. The second-order valence-corrected chi connectivity index (χ2v) is 5.80. The van der Waals surface area contributed by atoms with E-state index in [1.165, 1.54) is 0 Å². The number of nitrogens with zero attached hydrogens (tertiary/aromatic N) is 2. The van der Waals surface area contributed by atoms with Crippen molar-refractivity contribution in [1.29, 1.82) is 0 Å². The topological polar surface area (TPSA) is 43.8 Å². The van der Waals surface area contributed by atoms with Gasteiger partial charge in [0.05, 0.1) is 5.69 Å². The third kappa shape index (κ3) is 3.35. The first kappa shape index (κ1) is 15.4. The summed E-state index contributed by atoms with van der Waals surface area (Å²) in [6, 6.07) is 7.57. The normalized spacial score (nSPS) is 14.2. The molecule has 0 fully saturated rings. The summed E-state index contributed by atoms with van der Waals surface area (Å²) < 4.78 is 1.97. The van der Waals surface area contributed by atoms with Crippen LogP contribution in [0.2, 0.25) is 10.0 Å². The van der Waals surface area contributed by atoms with Gasteiger partial charge in [0.25, 0.3) is 0 Å². The van der Waals surface area contributed by atoms with Crippen LogP contribution in [0.1, 0.15) is 43.6 Å². The summed E-state index contributed by atoms with van der Waals surface area (Å²) in [6.45, 7) is 4.28. The summed E-state index contributed by atoms with van der Waals surface area (Å²) in [5.74, 6) is 0. The molecule has 2 N–H and O–H groups in total. The zero-order chi connectivity index (χ0) is 14.7. The van der Waals surface area contributed by atoms with E-state index in [4.69, 9.17) is 28.9 Å². The van der Waals surface area contributed by atoms with E-state index in [0.29, 0.717) is 22.5 Å². The molecular formula is C15H19Cl2N3. The first-order valence-electron chi connectivity index (χ1n) is 6.76. The highest BCUT2D eigenvalue weighted by atomic mass is 35.5. The Morgan fingerprint density at radius 1 is 1.25 bits per heavy atom. The van der Waals surface area contributed by atoms with E-state index in [2.05, 4.69) is 18.9 Å². The fraction of sp³-hybridized carbons (Fsp3) is 0.400. The lowest BCUT2D eigenvalue weighted by Crippen LogP contribution is -2.15. The SMILES string of the molecule is CCC(C)n1ccc(CC(N)c2c(Cl)cccc2Cl)n1. The van der Waals surface area contributed by atoms with Crippen LogP contribution in [-0.2, 0) is 6.42 Å². The molecule has 0 radical (unpaired) electrons. The van der Waals surface area contributed by atoms with E-state index >= 15 is 0 Å². The fourth-order valence-corrected chi connectivity index (χ4v) is 2.79. The average Bonchev–Trinajstić information content (AvgIpc) is 2.86. The van der Waals surface area contributed by atoms with Gasteiger partial charge in [0, 0.05) is 40.3 Å². The molecule has 0 saturated carbocycles. The van der Waals surface area contributed by atoms with Crippen molar-refractivity contribution < 1.29 is 0 Å². The highest BCUT2D eigenvalue weighted by Gasteiger charge is 2.16. The van der Waals surface area contributed by atoms with Gasteiger partial charge in [-0.3, -0.25) is 4.68 Å². The van der Waals surface area contributed by atoms with Gasteiger partial charge in [0.1, 0.15) is 0 Å². The first-order valence-corrected chi connectivity index (χ1v) is 7.52. The molecule has 0 aliphatic heterocycles. The Morgan fingerprint density at radius 2 is 1.90 bits per heavy atom. The molecule has 108 valence electrons. The maximum Gasteiger partial charge on any atom is 0.0643 e. The lowest BCUT2D eigenvalue weighted by molar-refractivity contribution is 0.472. The molecule has 2 rings (SSSR count). The zero-order valence-electron chi connectivity index (χ0n) is 11.7. The van der Waals surface area contributed by atoms with E-state index in [9.17, 15) is 0 Å². The fourth-order valence-electron chi connectivity index (χ4n) is 2.11. The van der Waals surface area contributed by atoms with Crippen LogP contribution in [-0.4, -0.2) is 9.78 Å². The molecule has 2 unspecified atom stereocenters. The number of halogens is 2. The highest BCUT2D eigenvalue weighted by molar-refractivity contribution is 6.36. The second-order valence-electron chi connectivity index (χ2n) is 4.99. The van der Waals surface area contributed by atoms with Gasteiger partial charge in [-0.25, -0.2) is 0 Å². The molecule has 2 atom stereocenters. The quantitative estimate of drug-likeness (QED) is 0.889. The monoisotopic (exact) mass is 311 g/mol. The van der Waals surface area contributed by atoms with Crippen LogP contribution in [0, 0.1) is 0 Å². The summed E-state index contributed by atoms with van der Waals surface area (Å²) in [4.78, 5) is 0. The lowest BCUT2D eigenvalue weighted by atomic mass is 10.0. The lowest BCUT2D eigenvalue weighted by Gasteiger charge is -2.14. The summed E-state index contributed by atoms with van der Waals surface area (Å²) in [6.07, 6.45) is 3.65. The molecule has 0 aliphatic rings. The van der Waals surface area contributed by atoms with Crippen molar-refractivity contribution in [1.82, 2.24) is 9.78 Å². The van der Waals surface area contributed by atoms with Gasteiger partial charge in [-0.15, -0.1) is 0 Å². The van der Waals surface area contributed by atoms with Crippen LogP contribution >= 0.6 is 23.2 Å². The van der Waals surface area contributed by atoms with Crippen molar-refractivity contribution in [3.8, 4) is 0 Å². The van der Waals surface area contributed by atoms with Crippen LogP contribution in [0.4, 0.5) is 0 Å². The molecule has 0 spiro atoms. The van der Waals surface area contributed by atoms with Gasteiger partial charge >= 0.3 is 0 Å². The summed E-state index contributed by atoms with van der Waals surface area (Å²) in [5, 5.41) is 5.76. The van der Waals surface area contributed by atoms with Gasteiger partial charge < -0.3 is 5.73 Å². The van der Waals surface area contributed by atoms with E-state index in [-0.39, 0.29) is 6.04 Å². The van der Waals surface area contributed by atoms with Gasteiger partial charge in [0.15, 0.2) is 0 Å². The molecule has 1 aromatic carbocycles. The largest absolute Gasteiger partial charge is 0.324 e. The van der Waals surface area contributed by atoms with Crippen LogP contribution in [0.3, 0.4) is 0 Å². The first-order chi connectivity index (χ1) is 9.52. The molecular weight excluding hydrogens is 293 g/mol. The zero-order valence-corrected chi connectivity index (χ0v) is 13.2. The van der Waals surface area contributed by atoms with E-state index in [0.717, 1.165) is 17.7 Å². The van der Waals surface area contributed by atoms with Gasteiger partial charge in [-0.2, -0.15) is 5.10 Å². The Morgan fingerprint density at radius 3 is 2.50 bits per heavy atom. The third-order valence-electron chi connectivity index (χ3n) is 3.51. The number of aromatic nitrogens is 2. The van der Waals surface area contributed by atoms with Crippen LogP contribution in [0.15, 0.2) is 30.5 Å². The molecule has 0 amide bonds. The Kier molecular flexibility index (Phi) is 5.08.